The summed E-state index contributed by atoms with van der Waals surface area (Å²) in [6.07, 6.45) is 2.22. The van der Waals surface area contributed by atoms with E-state index in [2.05, 4.69) is 11.8 Å². The summed E-state index contributed by atoms with van der Waals surface area (Å²) < 4.78 is 11.7. The third-order valence-corrected chi connectivity index (χ3v) is 7.62. The van der Waals surface area contributed by atoms with Crippen LogP contribution in [0.3, 0.4) is 0 Å². The summed E-state index contributed by atoms with van der Waals surface area (Å²) in [4.78, 5) is 16.6. The summed E-state index contributed by atoms with van der Waals surface area (Å²) in [5.41, 5.74) is -1.76. The second kappa shape index (κ2) is 9.05. The van der Waals surface area contributed by atoms with Crippen LogP contribution in [0.15, 0.2) is 35.0 Å². The minimum absolute atomic E-state index is 0.129. The standard InChI is InChI=1S/C21H29NO4S2/c1-14-11-16(12-15(22(2)3)13-17(14)25-4)26-20(23)21(24,18-7-5-9-27-18)19-8-6-10-28-19/h5-10,14-17,24H,11-13H2,1-4H3/t14-,15?,16+,17-/m0/s1. The van der Waals surface area contributed by atoms with Crippen LogP contribution in [0.1, 0.15) is 35.9 Å². The fraction of sp³-hybridized carbons (Fsp3) is 0.571. The van der Waals surface area contributed by atoms with Crippen LogP contribution < -0.4 is 0 Å². The number of hydrogen-bond acceptors (Lipinski definition) is 7. The number of aliphatic hydroxyl groups is 1. The summed E-state index contributed by atoms with van der Waals surface area (Å²) in [7, 11) is 5.83. The van der Waals surface area contributed by atoms with Gasteiger partial charge in [-0.3, -0.25) is 0 Å². The van der Waals surface area contributed by atoms with Crippen molar-refractivity contribution in [3.63, 3.8) is 0 Å². The Labute approximate surface area is 174 Å². The summed E-state index contributed by atoms with van der Waals surface area (Å²) >= 11 is 2.72. The predicted octanol–water partition coefficient (Wildman–Crippen LogP) is 3.72. The van der Waals surface area contributed by atoms with Gasteiger partial charge in [0.1, 0.15) is 6.10 Å². The molecule has 1 N–H and O–H groups in total. The minimum Gasteiger partial charge on any atom is -0.460 e. The maximum Gasteiger partial charge on any atom is 0.349 e. The highest BCUT2D eigenvalue weighted by molar-refractivity contribution is 7.12. The van der Waals surface area contributed by atoms with Crippen molar-refractivity contribution in [2.45, 2.75) is 50.0 Å². The van der Waals surface area contributed by atoms with Gasteiger partial charge in [-0.25, -0.2) is 4.79 Å². The molecule has 2 aromatic heterocycles. The number of thiophene rings is 2. The summed E-state index contributed by atoms with van der Waals surface area (Å²) in [6, 6.07) is 7.50. The second-order valence-corrected chi connectivity index (χ2v) is 9.66. The molecule has 0 spiro atoms. The molecule has 3 rings (SSSR count). The lowest BCUT2D eigenvalue weighted by molar-refractivity contribution is -0.168. The normalized spacial score (nSPS) is 26.2. The number of rotatable bonds is 6. The van der Waals surface area contributed by atoms with Gasteiger partial charge in [-0.1, -0.05) is 19.1 Å². The van der Waals surface area contributed by atoms with Crippen LogP contribution in [0.5, 0.6) is 0 Å². The van der Waals surface area contributed by atoms with Crippen LogP contribution in [-0.2, 0) is 19.9 Å². The maximum atomic E-state index is 13.3. The van der Waals surface area contributed by atoms with Gasteiger partial charge in [-0.2, -0.15) is 0 Å². The first-order valence-corrected chi connectivity index (χ1v) is 11.3. The Hall–Kier alpha value is -1.25. The molecule has 0 aromatic carbocycles. The average molecular weight is 424 g/mol. The number of nitrogens with zero attached hydrogens (tertiary/aromatic N) is 1. The van der Waals surface area contributed by atoms with Gasteiger partial charge >= 0.3 is 5.97 Å². The zero-order chi connectivity index (χ0) is 20.3. The third kappa shape index (κ3) is 4.33. The Morgan fingerprint density at radius 1 is 1.14 bits per heavy atom. The number of carbonyl (C=O) groups excluding carboxylic acids is 1. The quantitative estimate of drug-likeness (QED) is 0.567. The van der Waals surface area contributed by atoms with Crippen LogP contribution in [0.25, 0.3) is 0 Å². The number of methoxy groups -OCH3 is 1. The van der Waals surface area contributed by atoms with Crippen molar-refractivity contribution in [2.24, 2.45) is 5.92 Å². The molecular formula is C21H29NO4S2. The smallest absolute Gasteiger partial charge is 0.349 e. The number of ether oxygens (including phenoxy) is 2. The lowest BCUT2D eigenvalue weighted by Crippen LogP contribution is -2.40. The lowest BCUT2D eigenvalue weighted by Gasteiger charge is -2.29. The highest BCUT2D eigenvalue weighted by Crippen LogP contribution is 2.38. The first kappa shape index (κ1) is 21.5. The highest BCUT2D eigenvalue weighted by Gasteiger charge is 2.45. The Morgan fingerprint density at radius 2 is 1.75 bits per heavy atom. The molecule has 2 heterocycles. The molecule has 1 aliphatic rings. The largest absolute Gasteiger partial charge is 0.460 e. The van der Waals surface area contributed by atoms with Gasteiger partial charge in [-0.15, -0.1) is 22.7 Å². The van der Waals surface area contributed by atoms with Crippen LogP contribution >= 0.6 is 22.7 Å². The first-order valence-electron chi connectivity index (χ1n) is 9.56. The molecule has 1 aliphatic carbocycles. The van der Waals surface area contributed by atoms with E-state index in [1.807, 2.05) is 37.0 Å². The van der Waals surface area contributed by atoms with Crippen LogP contribution in [0.4, 0.5) is 0 Å². The van der Waals surface area contributed by atoms with Gasteiger partial charge in [-0.05, 0) is 55.7 Å². The molecule has 7 heteroatoms. The van der Waals surface area contributed by atoms with E-state index in [0.29, 0.717) is 9.75 Å². The fourth-order valence-electron chi connectivity index (χ4n) is 3.94. The average Bonchev–Trinajstić information content (AvgIpc) is 3.35. The molecule has 28 heavy (non-hydrogen) atoms. The van der Waals surface area contributed by atoms with Crippen molar-refractivity contribution in [1.29, 1.82) is 0 Å². The van der Waals surface area contributed by atoms with Crippen molar-refractivity contribution in [3.8, 4) is 0 Å². The van der Waals surface area contributed by atoms with Gasteiger partial charge in [0.05, 0.1) is 15.9 Å². The van der Waals surface area contributed by atoms with E-state index in [0.717, 1.165) is 19.3 Å². The lowest BCUT2D eigenvalue weighted by atomic mass is 9.97. The monoisotopic (exact) mass is 423 g/mol. The molecule has 2 aromatic rings. The molecule has 1 unspecified atom stereocenters. The fourth-order valence-corrected chi connectivity index (χ4v) is 5.65. The Bertz CT molecular complexity index is 710. The Balaban J connectivity index is 1.85. The maximum absolute atomic E-state index is 13.3. The topological polar surface area (TPSA) is 59.0 Å². The molecule has 1 fully saturated rings. The van der Waals surface area contributed by atoms with Crippen molar-refractivity contribution in [3.05, 3.63) is 44.8 Å². The summed E-state index contributed by atoms with van der Waals surface area (Å²) in [5, 5.41) is 15.2. The van der Waals surface area contributed by atoms with E-state index in [9.17, 15) is 9.90 Å². The zero-order valence-corrected chi connectivity index (χ0v) is 18.5. The second-order valence-electron chi connectivity index (χ2n) is 7.77. The molecule has 0 bridgehead atoms. The molecule has 0 amide bonds. The molecule has 0 saturated heterocycles. The minimum atomic E-state index is -1.76. The van der Waals surface area contributed by atoms with Gasteiger partial charge in [0.2, 0.25) is 5.60 Å². The number of esters is 1. The van der Waals surface area contributed by atoms with Gasteiger partial charge in [0.15, 0.2) is 0 Å². The van der Waals surface area contributed by atoms with Gasteiger partial charge in [0, 0.05) is 19.6 Å². The van der Waals surface area contributed by atoms with Crippen LogP contribution in [0.2, 0.25) is 0 Å². The van der Waals surface area contributed by atoms with Gasteiger partial charge in [0.25, 0.3) is 0 Å². The van der Waals surface area contributed by atoms with Crippen molar-refractivity contribution < 1.29 is 19.4 Å². The molecular weight excluding hydrogens is 394 g/mol. The van der Waals surface area contributed by atoms with E-state index in [4.69, 9.17) is 9.47 Å². The zero-order valence-electron chi connectivity index (χ0n) is 16.8. The third-order valence-electron chi connectivity index (χ3n) is 5.67. The van der Waals surface area contributed by atoms with Crippen LogP contribution in [0, 0.1) is 5.92 Å². The van der Waals surface area contributed by atoms with E-state index < -0.39 is 11.6 Å². The van der Waals surface area contributed by atoms with E-state index in [1.165, 1.54) is 22.7 Å². The van der Waals surface area contributed by atoms with Crippen molar-refractivity contribution in [2.75, 3.05) is 21.2 Å². The first-order chi connectivity index (χ1) is 13.4. The highest BCUT2D eigenvalue weighted by atomic mass is 32.1. The van der Waals surface area contributed by atoms with E-state index in [1.54, 1.807) is 19.2 Å². The molecule has 0 aliphatic heterocycles. The van der Waals surface area contributed by atoms with Crippen LogP contribution in [-0.4, -0.2) is 55.4 Å². The summed E-state index contributed by atoms with van der Waals surface area (Å²) in [6.45, 7) is 2.14. The number of hydrogen-bond donors (Lipinski definition) is 1. The molecule has 1 saturated carbocycles. The number of carbonyl (C=O) groups is 1. The molecule has 4 atom stereocenters. The Kier molecular flexibility index (Phi) is 6.94. The molecule has 154 valence electrons. The van der Waals surface area contributed by atoms with E-state index >= 15 is 0 Å². The van der Waals surface area contributed by atoms with E-state index in [-0.39, 0.29) is 24.2 Å². The summed E-state index contributed by atoms with van der Waals surface area (Å²) in [5.74, 6) is -0.327. The predicted molar refractivity (Wildman–Crippen MR) is 113 cm³/mol. The molecule has 5 nitrogen and oxygen atoms in total. The van der Waals surface area contributed by atoms with Crippen molar-refractivity contribution in [1.82, 2.24) is 4.90 Å². The van der Waals surface area contributed by atoms with Gasteiger partial charge < -0.3 is 19.5 Å². The molecule has 0 radical (unpaired) electrons. The Morgan fingerprint density at radius 3 is 2.21 bits per heavy atom. The SMILES string of the molecule is CO[C@H]1CC(N(C)C)C[C@H](OC(=O)C(O)(c2cccs2)c2cccs2)C[C@@H]1C. The van der Waals surface area contributed by atoms with Crippen molar-refractivity contribution >= 4 is 28.6 Å².